The summed E-state index contributed by atoms with van der Waals surface area (Å²) >= 11 is 0. The van der Waals surface area contributed by atoms with Gasteiger partial charge in [-0.05, 0) is 80.6 Å². The average molecular weight is 387 g/mol. The number of benzene rings is 1. The van der Waals surface area contributed by atoms with E-state index in [0.29, 0.717) is 5.41 Å². The molecule has 1 heterocycles. The maximum absolute atomic E-state index is 12.2. The van der Waals surface area contributed by atoms with Crippen LogP contribution in [0, 0.1) is 5.41 Å². The molecule has 1 saturated heterocycles. The van der Waals surface area contributed by atoms with E-state index in [1.54, 1.807) is 6.92 Å². The van der Waals surface area contributed by atoms with Gasteiger partial charge in [0.05, 0.1) is 18.6 Å². The fourth-order valence-corrected chi connectivity index (χ4v) is 4.88. The number of fused-ring (bicyclic) bond motifs is 2. The van der Waals surface area contributed by atoms with Gasteiger partial charge in [-0.3, -0.25) is 4.79 Å². The van der Waals surface area contributed by atoms with Crippen LogP contribution in [-0.2, 0) is 10.2 Å². The van der Waals surface area contributed by atoms with Crippen LogP contribution in [0.15, 0.2) is 24.3 Å². The number of hydrogen-bond acceptors (Lipinski definition) is 3. The quantitative estimate of drug-likeness (QED) is 0.798. The first kappa shape index (κ1) is 21.3. The first-order chi connectivity index (χ1) is 13.2. The smallest absolute Gasteiger partial charge is 0.223 e. The summed E-state index contributed by atoms with van der Waals surface area (Å²) in [4.78, 5) is 14.9. The summed E-state index contributed by atoms with van der Waals surface area (Å²) < 4.78 is 0. The van der Waals surface area contributed by atoms with Crippen LogP contribution in [0.4, 0.5) is 0 Å². The maximum atomic E-state index is 12.2. The molecule has 1 aliphatic heterocycles. The summed E-state index contributed by atoms with van der Waals surface area (Å²) in [7, 11) is 0. The zero-order chi connectivity index (χ0) is 20.4. The van der Waals surface area contributed by atoms with Gasteiger partial charge < -0.3 is 15.3 Å². The van der Waals surface area contributed by atoms with E-state index in [-0.39, 0.29) is 23.8 Å². The number of nitrogens with zero attached hydrogens (tertiary/aromatic N) is 1. The second-order valence-electron chi connectivity index (χ2n) is 10.2. The minimum Gasteiger partial charge on any atom is -0.393 e. The standard InChI is InChI=1S/C24H38N2O2/c1-18(27)17-22(28)25-21-9-10-24(20-8-6-5-7-19(20)21)12-15-26(16-13-24)14-11-23(2,3)4/h5-8,18,21,27H,9-17H2,1-4H3,(H,25,28)/t18-,21-/m1/s1. The van der Waals surface area contributed by atoms with Crippen LogP contribution in [0.1, 0.15) is 83.4 Å². The van der Waals surface area contributed by atoms with E-state index in [2.05, 4.69) is 55.3 Å². The molecule has 1 amide bonds. The van der Waals surface area contributed by atoms with E-state index in [0.717, 1.165) is 12.8 Å². The average Bonchev–Trinajstić information content (AvgIpc) is 2.63. The van der Waals surface area contributed by atoms with E-state index in [4.69, 9.17) is 0 Å². The van der Waals surface area contributed by atoms with E-state index < -0.39 is 6.10 Å². The Morgan fingerprint density at radius 2 is 1.93 bits per heavy atom. The number of hydrogen-bond donors (Lipinski definition) is 2. The molecule has 4 heteroatoms. The lowest BCUT2D eigenvalue weighted by Crippen LogP contribution is -2.46. The lowest BCUT2D eigenvalue weighted by atomic mass is 9.63. The van der Waals surface area contributed by atoms with Gasteiger partial charge in [0.25, 0.3) is 0 Å². The Morgan fingerprint density at radius 1 is 1.25 bits per heavy atom. The van der Waals surface area contributed by atoms with Gasteiger partial charge in [0.2, 0.25) is 5.91 Å². The van der Waals surface area contributed by atoms with Crippen molar-refractivity contribution >= 4 is 5.91 Å². The van der Waals surface area contributed by atoms with Gasteiger partial charge in [0.15, 0.2) is 0 Å². The van der Waals surface area contributed by atoms with Crippen molar-refractivity contribution in [2.45, 2.75) is 83.8 Å². The van der Waals surface area contributed by atoms with Gasteiger partial charge in [0, 0.05) is 0 Å². The van der Waals surface area contributed by atoms with Crippen LogP contribution in [0.25, 0.3) is 0 Å². The second kappa shape index (κ2) is 8.54. The van der Waals surface area contributed by atoms with Crippen molar-refractivity contribution in [2.24, 2.45) is 5.41 Å². The molecule has 0 unspecified atom stereocenters. The molecular weight excluding hydrogens is 348 g/mol. The minimum atomic E-state index is -0.595. The molecule has 1 fully saturated rings. The van der Waals surface area contributed by atoms with Gasteiger partial charge in [-0.1, -0.05) is 45.0 Å². The molecule has 1 aromatic carbocycles. The van der Waals surface area contributed by atoms with E-state index in [1.165, 1.54) is 50.0 Å². The number of aliphatic hydroxyl groups is 1. The number of aliphatic hydroxyl groups excluding tert-OH is 1. The Morgan fingerprint density at radius 3 is 2.57 bits per heavy atom. The van der Waals surface area contributed by atoms with Crippen molar-refractivity contribution in [1.82, 2.24) is 10.2 Å². The lowest BCUT2D eigenvalue weighted by Gasteiger charge is -2.47. The summed E-state index contributed by atoms with van der Waals surface area (Å²) in [5.41, 5.74) is 3.39. The van der Waals surface area contributed by atoms with Gasteiger partial charge in [-0.25, -0.2) is 0 Å². The number of nitrogens with one attached hydrogen (secondary N) is 1. The molecule has 1 spiro atoms. The van der Waals surface area contributed by atoms with Crippen molar-refractivity contribution < 1.29 is 9.90 Å². The third kappa shape index (κ3) is 5.15. The molecule has 1 aliphatic carbocycles. The Kier molecular flexibility index (Phi) is 6.51. The monoisotopic (exact) mass is 386 g/mol. The van der Waals surface area contributed by atoms with Crippen LogP contribution in [0.3, 0.4) is 0 Å². The van der Waals surface area contributed by atoms with Crippen LogP contribution >= 0.6 is 0 Å². The minimum absolute atomic E-state index is 0.0530. The highest BCUT2D eigenvalue weighted by atomic mass is 16.3. The molecule has 2 aliphatic rings. The predicted octanol–water partition coefficient (Wildman–Crippen LogP) is 4.18. The number of piperidine rings is 1. The summed E-state index contributed by atoms with van der Waals surface area (Å²) in [5.74, 6) is -0.0530. The molecule has 2 N–H and O–H groups in total. The zero-order valence-corrected chi connectivity index (χ0v) is 18.1. The molecule has 0 bridgehead atoms. The summed E-state index contributed by atoms with van der Waals surface area (Å²) in [6.07, 6.45) is 5.37. The highest BCUT2D eigenvalue weighted by Crippen LogP contribution is 2.48. The van der Waals surface area contributed by atoms with Gasteiger partial charge in [-0.2, -0.15) is 0 Å². The largest absolute Gasteiger partial charge is 0.393 e. The number of carbonyl (C=O) groups excluding carboxylic acids is 1. The highest BCUT2D eigenvalue weighted by molar-refractivity contribution is 5.77. The Bertz CT molecular complexity index is 669. The third-order valence-corrected chi connectivity index (χ3v) is 6.63. The third-order valence-electron chi connectivity index (χ3n) is 6.63. The number of likely N-dealkylation sites (tertiary alicyclic amines) is 1. The Labute approximate surface area is 170 Å². The molecule has 0 radical (unpaired) electrons. The topological polar surface area (TPSA) is 52.6 Å². The molecular formula is C24H38N2O2. The van der Waals surface area contributed by atoms with Crippen molar-refractivity contribution in [2.75, 3.05) is 19.6 Å². The van der Waals surface area contributed by atoms with Gasteiger partial charge in [0.1, 0.15) is 0 Å². The molecule has 1 aromatic rings. The molecule has 0 saturated carbocycles. The van der Waals surface area contributed by atoms with Crippen LogP contribution < -0.4 is 5.32 Å². The van der Waals surface area contributed by atoms with E-state index >= 15 is 0 Å². The second-order valence-corrected chi connectivity index (χ2v) is 10.2. The normalized spacial score (nSPS) is 23.2. The molecule has 156 valence electrons. The molecule has 28 heavy (non-hydrogen) atoms. The first-order valence-electron chi connectivity index (χ1n) is 11.0. The maximum Gasteiger partial charge on any atom is 0.223 e. The van der Waals surface area contributed by atoms with Gasteiger partial charge in [-0.15, -0.1) is 0 Å². The molecule has 3 rings (SSSR count). The van der Waals surface area contributed by atoms with Crippen LogP contribution in [0.2, 0.25) is 0 Å². The zero-order valence-electron chi connectivity index (χ0n) is 18.1. The highest BCUT2D eigenvalue weighted by Gasteiger charge is 2.42. The lowest BCUT2D eigenvalue weighted by molar-refractivity contribution is -0.123. The Hall–Kier alpha value is -1.39. The molecule has 0 aromatic heterocycles. The first-order valence-corrected chi connectivity index (χ1v) is 11.0. The number of amides is 1. The summed E-state index contributed by atoms with van der Waals surface area (Å²) in [6.45, 7) is 12.2. The fraction of sp³-hybridized carbons (Fsp3) is 0.708. The Balaban J connectivity index is 1.69. The van der Waals surface area contributed by atoms with Crippen molar-refractivity contribution in [3.05, 3.63) is 35.4 Å². The SMILES string of the molecule is C[C@@H](O)CC(=O)N[C@@H]1CCC2(CCN(CCC(C)(C)C)CC2)c2ccccc21. The number of carbonyl (C=O) groups is 1. The van der Waals surface area contributed by atoms with E-state index in [9.17, 15) is 9.90 Å². The summed E-state index contributed by atoms with van der Waals surface area (Å²) in [5, 5.41) is 12.7. The van der Waals surface area contributed by atoms with Crippen LogP contribution in [0.5, 0.6) is 0 Å². The van der Waals surface area contributed by atoms with Crippen molar-refractivity contribution in [3.8, 4) is 0 Å². The predicted molar refractivity (Wildman–Crippen MR) is 114 cm³/mol. The summed E-state index contributed by atoms with van der Waals surface area (Å²) in [6, 6.07) is 8.78. The number of rotatable bonds is 5. The van der Waals surface area contributed by atoms with E-state index in [1.807, 2.05) is 0 Å². The molecule has 2 atom stereocenters. The van der Waals surface area contributed by atoms with Crippen molar-refractivity contribution in [1.29, 1.82) is 0 Å². The van der Waals surface area contributed by atoms with Gasteiger partial charge >= 0.3 is 0 Å². The van der Waals surface area contributed by atoms with Crippen molar-refractivity contribution in [3.63, 3.8) is 0 Å². The van der Waals surface area contributed by atoms with Crippen LogP contribution in [-0.4, -0.2) is 41.7 Å². The molecule has 4 nitrogen and oxygen atoms in total. The fourth-order valence-electron chi connectivity index (χ4n) is 4.88.